The minimum absolute atomic E-state index is 0.0740. The van der Waals surface area contributed by atoms with Gasteiger partial charge in [-0.25, -0.2) is 18.7 Å². The van der Waals surface area contributed by atoms with Gasteiger partial charge in [0, 0.05) is 23.6 Å². The van der Waals surface area contributed by atoms with E-state index in [9.17, 15) is 8.78 Å². The van der Waals surface area contributed by atoms with E-state index in [1.807, 2.05) is 6.07 Å². The predicted molar refractivity (Wildman–Crippen MR) is 84.5 cm³/mol. The average molecular weight is 326 g/mol. The molecule has 7 heteroatoms. The third kappa shape index (κ3) is 2.94. The number of fused-ring (bicyclic) bond motifs is 1. The third-order valence-electron chi connectivity index (χ3n) is 3.54. The van der Waals surface area contributed by atoms with Crippen molar-refractivity contribution in [3.8, 4) is 11.8 Å². The van der Waals surface area contributed by atoms with E-state index in [-0.39, 0.29) is 17.9 Å². The number of aromatic nitrogens is 2. The molecule has 0 spiro atoms. The molecule has 0 amide bonds. The average Bonchev–Trinajstić information content (AvgIpc) is 2.59. The van der Waals surface area contributed by atoms with Crippen LogP contribution in [0.5, 0.6) is 5.75 Å². The van der Waals surface area contributed by atoms with Crippen molar-refractivity contribution in [2.24, 2.45) is 0 Å². The van der Waals surface area contributed by atoms with Gasteiger partial charge in [-0.2, -0.15) is 5.26 Å². The normalized spacial score (nSPS) is 10.4. The van der Waals surface area contributed by atoms with Gasteiger partial charge >= 0.3 is 0 Å². The Kier molecular flexibility index (Phi) is 4.20. The molecule has 0 aliphatic rings. The summed E-state index contributed by atoms with van der Waals surface area (Å²) in [6.45, 7) is 0.156. The van der Waals surface area contributed by atoms with E-state index >= 15 is 0 Å². The second kappa shape index (κ2) is 6.46. The summed E-state index contributed by atoms with van der Waals surface area (Å²) in [5.41, 5.74) is 1.05. The molecule has 0 saturated carbocycles. The van der Waals surface area contributed by atoms with Gasteiger partial charge in [-0.15, -0.1) is 0 Å². The molecule has 0 fully saturated rings. The Bertz CT molecular complexity index is 953. The largest absolute Gasteiger partial charge is 0.494 e. The number of benzene rings is 2. The summed E-state index contributed by atoms with van der Waals surface area (Å²) in [7, 11) is 1.37. The van der Waals surface area contributed by atoms with Crippen LogP contribution in [0, 0.1) is 23.0 Å². The number of halogens is 2. The summed E-state index contributed by atoms with van der Waals surface area (Å²) in [5.74, 6) is -0.497. The van der Waals surface area contributed by atoms with Crippen molar-refractivity contribution in [3.05, 3.63) is 59.4 Å². The Morgan fingerprint density at radius 3 is 2.71 bits per heavy atom. The molecule has 0 unspecified atom stereocenters. The molecular weight excluding hydrogens is 314 g/mol. The lowest BCUT2D eigenvalue weighted by atomic mass is 10.1. The molecule has 3 rings (SSSR count). The highest BCUT2D eigenvalue weighted by Crippen LogP contribution is 2.27. The zero-order chi connectivity index (χ0) is 17.1. The highest BCUT2D eigenvalue weighted by molar-refractivity contribution is 5.90. The lowest BCUT2D eigenvalue weighted by Crippen LogP contribution is -2.05. The molecule has 1 heterocycles. The first-order valence-electron chi connectivity index (χ1n) is 7.03. The quantitative estimate of drug-likeness (QED) is 0.795. The van der Waals surface area contributed by atoms with Crippen LogP contribution in [0.2, 0.25) is 0 Å². The van der Waals surface area contributed by atoms with Gasteiger partial charge in [-0.05, 0) is 18.2 Å². The number of nitrogens with zero attached hydrogens (tertiary/aromatic N) is 3. The second-order valence-corrected chi connectivity index (χ2v) is 5.00. The van der Waals surface area contributed by atoms with Crippen LogP contribution in [-0.2, 0) is 6.54 Å². The standard InChI is InChI=1S/C17H12F2N4O/c1-24-16-5-12-15(6-14(16)19)22-9-23-17(12)21-8-11-3-2-10(7-20)4-13(11)18/h2-6,9H,8H2,1H3,(H,21,22,23). The molecule has 24 heavy (non-hydrogen) atoms. The zero-order valence-electron chi connectivity index (χ0n) is 12.7. The van der Waals surface area contributed by atoms with Gasteiger partial charge in [-0.1, -0.05) is 6.07 Å². The molecule has 1 N–H and O–H groups in total. The maximum absolute atomic E-state index is 13.9. The fourth-order valence-electron chi connectivity index (χ4n) is 2.29. The van der Waals surface area contributed by atoms with Gasteiger partial charge in [0.1, 0.15) is 18.0 Å². The first-order valence-corrected chi connectivity index (χ1v) is 7.03. The Labute approximate surface area is 136 Å². The SMILES string of the molecule is COc1cc2c(NCc3ccc(C#N)cc3F)ncnc2cc1F. The maximum atomic E-state index is 13.9. The van der Waals surface area contributed by atoms with Crippen LogP contribution in [0.25, 0.3) is 10.9 Å². The fourth-order valence-corrected chi connectivity index (χ4v) is 2.29. The topological polar surface area (TPSA) is 70.8 Å². The third-order valence-corrected chi connectivity index (χ3v) is 3.54. The van der Waals surface area contributed by atoms with Crippen LogP contribution >= 0.6 is 0 Å². The van der Waals surface area contributed by atoms with Crippen LogP contribution in [-0.4, -0.2) is 17.1 Å². The van der Waals surface area contributed by atoms with E-state index in [2.05, 4.69) is 15.3 Å². The van der Waals surface area contributed by atoms with E-state index in [1.54, 1.807) is 0 Å². The summed E-state index contributed by atoms with van der Waals surface area (Å²) in [6.07, 6.45) is 1.30. The van der Waals surface area contributed by atoms with E-state index < -0.39 is 11.6 Å². The minimum Gasteiger partial charge on any atom is -0.494 e. The van der Waals surface area contributed by atoms with Crippen LogP contribution in [0.4, 0.5) is 14.6 Å². The Balaban J connectivity index is 1.92. The lowest BCUT2D eigenvalue weighted by molar-refractivity contribution is 0.387. The molecule has 120 valence electrons. The molecule has 0 radical (unpaired) electrons. The Hall–Kier alpha value is -3.27. The van der Waals surface area contributed by atoms with Gasteiger partial charge in [0.05, 0.1) is 24.3 Å². The smallest absolute Gasteiger partial charge is 0.167 e. The Morgan fingerprint density at radius 1 is 1.17 bits per heavy atom. The highest BCUT2D eigenvalue weighted by Gasteiger charge is 2.11. The highest BCUT2D eigenvalue weighted by atomic mass is 19.1. The van der Waals surface area contributed by atoms with Gasteiger partial charge in [0.15, 0.2) is 11.6 Å². The number of anilines is 1. The molecule has 0 aliphatic heterocycles. The summed E-state index contributed by atoms with van der Waals surface area (Å²) in [6, 6.07) is 8.87. The lowest BCUT2D eigenvalue weighted by Gasteiger charge is -2.10. The number of nitrogens with one attached hydrogen (secondary N) is 1. The van der Waals surface area contributed by atoms with Crippen LogP contribution in [0.3, 0.4) is 0 Å². The van der Waals surface area contributed by atoms with E-state index in [4.69, 9.17) is 10.00 Å². The van der Waals surface area contributed by atoms with Crippen molar-refractivity contribution in [2.75, 3.05) is 12.4 Å². The molecule has 0 saturated heterocycles. The maximum Gasteiger partial charge on any atom is 0.167 e. The van der Waals surface area contributed by atoms with Crippen molar-refractivity contribution in [2.45, 2.75) is 6.54 Å². The number of methoxy groups -OCH3 is 1. The molecule has 0 atom stereocenters. The van der Waals surface area contributed by atoms with Crippen molar-refractivity contribution in [1.29, 1.82) is 5.26 Å². The van der Waals surface area contributed by atoms with Crippen LogP contribution in [0.15, 0.2) is 36.7 Å². The summed E-state index contributed by atoms with van der Waals surface area (Å²) in [4.78, 5) is 8.13. The first kappa shape index (κ1) is 15.6. The van der Waals surface area contributed by atoms with Crippen molar-refractivity contribution in [1.82, 2.24) is 9.97 Å². The number of hydrogen-bond donors (Lipinski definition) is 1. The number of ether oxygens (including phenoxy) is 1. The molecule has 0 bridgehead atoms. The predicted octanol–water partition coefficient (Wildman–Crippen LogP) is 3.40. The van der Waals surface area contributed by atoms with E-state index in [0.29, 0.717) is 22.3 Å². The van der Waals surface area contributed by atoms with Crippen LogP contribution in [0.1, 0.15) is 11.1 Å². The number of hydrogen-bond acceptors (Lipinski definition) is 5. The van der Waals surface area contributed by atoms with Crippen LogP contribution < -0.4 is 10.1 Å². The molecule has 3 aromatic rings. The van der Waals surface area contributed by atoms with E-state index in [1.165, 1.54) is 43.8 Å². The van der Waals surface area contributed by atoms with Crippen molar-refractivity contribution >= 4 is 16.7 Å². The van der Waals surface area contributed by atoms with Gasteiger partial charge in [0.2, 0.25) is 0 Å². The molecular formula is C17H12F2N4O. The molecule has 1 aromatic heterocycles. The summed E-state index contributed by atoms with van der Waals surface area (Å²) < 4.78 is 32.6. The second-order valence-electron chi connectivity index (χ2n) is 5.00. The molecule has 0 aliphatic carbocycles. The molecule has 5 nitrogen and oxygen atoms in total. The molecule has 2 aromatic carbocycles. The number of rotatable bonds is 4. The monoisotopic (exact) mass is 326 g/mol. The minimum atomic E-state index is -0.521. The number of nitriles is 1. The summed E-state index contributed by atoms with van der Waals surface area (Å²) in [5, 5.41) is 12.3. The van der Waals surface area contributed by atoms with Crippen molar-refractivity contribution < 1.29 is 13.5 Å². The Morgan fingerprint density at radius 2 is 2.00 bits per heavy atom. The van der Waals surface area contributed by atoms with Gasteiger partial charge < -0.3 is 10.1 Å². The van der Waals surface area contributed by atoms with Gasteiger partial charge in [-0.3, -0.25) is 0 Å². The fraction of sp³-hybridized carbons (Fsp3) is 0.118. The summed E-state index contributed by atoms with van der Waals surface area (Å²) >= 11 is 0. The van der Waals surface area contributed by atoms with Gasteiger partial charge in [0.25, 0.3) is 0 Å². The first-order chi connectivity index (χ1) is 11.6. The zero-order valence-corrected chi connectivity index (χ0v) is 12.7. The van der Waals surface area contributed by atoms with Crippen molar-refractivity contribution in [3.63, 3.8) is 0 Å². The van der Waals surface area contributed by atoms with E-state index in [0.717, 1.165) is 0 Å².